The highest BCUT2D eigenvalue weighted by atomic mass is 16.5. The van der Waals surface area contributed by atoms with E-state index in [0.717, 1.165) is 28.0 Å². The Morgan fingerprint density at radius 2 is 1.64 bits per heavy atom. The summed E-state index contributed by atoms with van der Waals surface area (Å²) in [5.74, 6) is -1.31. The molecule has 1 aliphatic rings. The van der Waals surface area contributed by atoms with E-state index in [2.05, 4.69) is 10.1 Å². The van der Waals surface area contributed by atoms with Gasteiger partial charge in [-0.2, -0.15) is 5.10 Å². The van der Waals surface area contributed by atoms with Crippen LogP contribution in [0.5, 0.6) is 0 Å². The molecule has 178 valence electrons. The Balaban J connectivity index is 1.63. The molecule has 0 unspecified atom stereocenters. The van der Waals surface area contributed by atoms with E-state index in [9.17, 15) is 9.59 Å². The zero-order valence-electron chi connectivity index (χ0n) is 19.7. The molecule has 0 aliphatic carbocycles. The van der Waals surface area contributed by atoms with Gasteiger partial charge in [-0.1, -0.05) is 48.5 Å². The third-order valence-corrected chi connectivity index (χ3v) is 5.80. The number of rotatable bonds is 5. The van der Waals surface area contributed by atoms with Crippen molar-refractivity contribution in [2.45, 2.75) is 0 Å². The van der Waals surface area contributed by atoms with Crippen LogP contribution in [0.15, 0.2) is 109 Å². The minimum atomic E-state index is -0.664. The summed E-state index contributed by atoms with van der Waals surface area (Å²) in [6.45, 7) is 0. The number of fused-ring (bicyclic) bond motifs is 1. The summed E-state index contributed by atoms with van der Waals surface area (Å²) in [7, 11) is 2.54. The first-order valence-corrected chi connectivity index (χ1v) is 11.2. The Morgan fingerprint density at radius 1 is 0.861 bits per heavy atom. The predicted molar refractivity (Wildman–Crippen MR) is 136 cm³/mol. The standard InChI is InChI=1S/C28H22N4O4/c1-35-27(33)22-13-6-7-16-31(25(22)28(34)36-2)21-12-8-11-20(17-21)24-14-15-29-26-23(18-30-32(24)26)19-9-4-3-5-10-19/h3-18H,1-2H3. The van der Waals surface area contributed by atoms with Crippen LogP contribution in [-0.4, -0.2) is 40.8 Å². The number of aromatic nitrogens is 3. The predicted octanol–water partition coefficient (Wildman–Crippen LogP) is 4.55. The third kappa shape index (κ3) is 4.05. The zero-order chi connectivity index (χ0) is 25.1. The SMILES string of the molecule is COC(=O)C1=C(C(=O)OC)N(c2cccc(-c3ccnc4c(-c5ccccc5)cnn34)c2)C=CC=C1. The van der Waals surface area contributed by atoms with Gasteiger partial charge in [0.25, 0.3) is 0 Å². The van der Waals surface area contributed by atoms with Crippen molar-refractivity contribution in [3.8, 4) is 22.4 Å². The summed E-state index contributed by atoms with van der Waals surface area (Å²) in [6.07, 6.45) is 10.2. The Labute approximate surface area is 207 Å². The van der Waals surface area contributed by atoms with Crippen molar-refractivity contribution in [2.75, 3.05) is 19.1 Å². The van der Waals surface area contributed by atoms with Crippen LogP contribution >= 0.6 is 0 Å². The van der Waals surface area contributed by atoms with Crippen LogP contribution in [0.1, 0.15) is 0 Å². The van der Waals surface area contributed by atoms with Crippen molar-refractivity contribution in [2.24, 2.45) is 0 Å². The van der Waals surface area contributed by atoms with Crippen LogP contribution in [0.25, 0.3) is 28.0 Å². The highest BCUT2D eigenvalue weighted by Crippen LogP contribution is 2.31. The third-order valence-electron chi connectivity index (χ3n) is 5.80. The first-order chi connectivity index (χ1) is 17.6. The minimum absolute atomic E-state index is 0.0526. The quantitative estimate of drug-likeness (QED) is 0.389. The molecule has 0 N–H and O–H groups in total. The fourth-order valence-electron chi connectivity index (χ4n) is 4.11. The van der Waals surface area contributed by atoms with E-state index < -0.39 is 11.9 Å². The van der Waals surface area contributed by atoms with E-state index in [0.29, 0.717) is 5.69 Å². The van der Waals surface area contributed by atoms with Gasteiger partial charge in [0.1, 0.15) is 5.70 Å². The summed E-state index contributed by atoms with van der Waals surface area (Å²) >= 11 is 0. The summed E-state index contributed by atoms with van der Waals surface area (Å²) in [5.41, 5.74) is 5.13. The highest BCUT2D eigenvalue weighted by Gasteiger charge is 2.27. The lowest BCUT2D eigenvalue weighted by Crippen LogP contribution is -2.27. The molecule has 0 spiro atoms. The Morgan fingerprint density at radius 3 is 2.42 bits per heavy atom. The molecule has 2 aromatic carbocycles. The molecule has 0 saturated heterocycles. The van der Waals surface area contributed by atoms with E-state index in [1.54, 1.807) is 40.2 Å². The first kappa shape index (κ1) is 22.8. The number of anilines is 1. The van der Waals surface area contributed by atoms with Crippen LogP contribution in [-0.2, 0) is 19.1 Å². The van der Waals surface area contributed by atoms with Crippen LogP contribution in [0.4, 0.5) is 5.69 Å². The van der Waals surface area contributed by atoms with E-state index in [4.69, 9.17) is 9.47 Å². The van der Waals surface area contributed by atoms with Gasteiger partial charge >= 0.3 is 11.9 Å². The average Bonchev–Trinajstić information content (AvgIpc) is 3.24. The van der Waals surface area contributed by atoms with Crippen molar-refractivity contribution in [1.82, 2.24) is 14.6 Å². The lowest BCUT2D eigenvalue weighted by Gasteiger charge is -2.23. The largest absolute Gasteiger partial charge is 0.465 e. The maximum absolute atomic E-state index is 12.8. The summed E-state index contributed by atoms with van der Waals surface area (Å²) in [6, 6.07) is 19.4. The summed E-state index contributed by atoms with van der Waals surface area (Å²) in [4.78, 5) is 31.4. The number of benzene rings is 2. The topological polar surface area (TPSA) is 86.0 Å². The van der Waals surface area contributed by atoms with E-state index in [1.165, 1.54) is 20.3 Å². The maximum Gasteiger partial charge on any atom is 0.355 e. The number of methoxy groups -OCH3 is 2. The molecule has 0 radical (unpaired) electrons. The monoisotopic (exact) mass is 478 g/mol. The maximum atomic E-state index is 12.8. The minimum Gasteiger partial charge on any atom is -0.465 e. The zero-order valence-corrected chi connectivity index (χ0v) is 19.7. The lowest BCUT2D eigenvalue weighted by molar-refractivity contribution is -0.139. The number of allylic oxidation sites excluding steroid dienone is 2. The Kier molecular flexibility index (Phi) is 6.15. The molecule has 8 nitrogen and oxygen atoms in total. The molecular formula is C28H22N4O4. The molecule has 0 bridgehead atoms. The molecule has 5 rings (SSSR count). The fraction of sp³-hybridized carbons (Fsp3) is 0.0714. The fourth-order valence-corrected chi connectivity index (χ4v) is 4.11. The lowest BCUT2D eigenvalue weighted by atomic mass is 10.1. The summed E-state index contributed by atoms with van der Waals surface area (Å²) in [5, 5.41) is 4.60. The van der Waals surface area contributed by atoms with Gasteiger partial charge in [0.2, 0.25) is 0 Å². The normalized spacial score (nSPS) is 13.1. The number of ether oxygens (including phenoxy) is 2. The van der Waals surface area contributed by atoms with Crippen molar-refractivity contribution in [3.05, 3.63) is 109 Å². The molecule has 4 aromatic rings. The molecule has 0 amide bonds. The number of carbonyl (C=O) groups is 2. The molecule has 3 heterocycles. The molecule has 36 heavy (non-hydrogen) atoms. The number of esters is 2. The van der Waals surface area contributed by atoms with Gasteiger partial charge < -0.3 is 14.4 Å². The van der Waals surface area contributed by atoms with Crippen LogP contribution in [0.2, 0.25) is 0 Å². The first-order valence-electron chi connectivity index (χ1n) is 11.2. The number of nitrogens with zero attached hydrogens (tertiary/aromatic N) is 4. The second-order valence-electron chi connectivity index (χ2n) is 7.86. The number of carbonyl (C=O) groups excluding carboxylic acids is 2. The summed E-state index contributed by atoms with van der Waals surface area (Å²) < 4.78 is 11.7. The van der Waals surface area contributed by atoms with Crippen LogP contribution in [0, 0.1) is 0 Å². The van der Waals surface area contributed by atoms with Crippen molar-refractivity contribution >= 4 is 23.3 Å². The van der Waals surface area contributed by atoms with Crippen molar-refractivity contribution in [1.29, 1.82) is 0 Å². The highest BCUT2D eigenvalue weighted by molar-refractivity contribution is 6.05. The number of hydrogen-bond acceptors (Lipinski definition) is 7. The second kappa shape index (κ2) is 9.71. The molecule has 1 aliphatic heterocycles. The van der Waals surface area contributed by atoms with Gasteiger partial charge in [0, 0.05) is 29.2 Å². The molecule has 2 aromatic heterocycles. The Bertz CT molecular complexity index is 1550. The molecule has 0 fully saturated rings. The van der Waals surface area contributed by atoms with E-state index in [1.807, 2.05) is 60.7 Å². The van der Waals surface area contributed by atoms with E-state index >= 15 is 0 Å². The molecule has 0 saturated carbocycles. The van der Waals surface area contributed by atoms with Gasteiger partial charge in [0.05, 0.1) is 31.7 Å². The van der Waals surface area contributed by atoms with Crippen molar-refractivity contribution < 1.29 is 19.1 Å². The number of hydrogen-bond donors (Lipinski definition) is 0. The smallest absolute Gasteiger partial charge is 0.355 e. The average molecular weight is 479 g/mol. The van der Waals surface area contributed by atoms with Crippen LogP contribution < -0.4 is 4.90 Å². The van der Waals surface area contributed by atoms with Gasteiger partial charge in [-0.05, 0) is 35.9 Å². The molecule has 8 heteroatoms. The van der Waals surface area contributed by atoms with E-state index in [-0.39, 0.29) is 11.3 Å². The molecule has 0 atom stereocenters. The van der Waals surface area contributed by atoms with Gasteiger partial charge in [-0.15, -0.1) is 0 Å². The Hall–Kier alpha value is -4.98. The van der Waals surface area contributed by atoms with Gasteiger partial charge in [-0.25, -0.2) is 19.1 Å². The van der Waals surface area contributed by atoms with Crippen LogP contribution in [0.3, 0.4) is 0 Å². The van der Waals surface area contributed by atoms with Gasteiger partial charge in [-0.3, -0.25) is 0 Å². The van der Waals surface area contributed by atoms with Gasteiger partial charge in [0.15, 0.2) is 5.65 Å². The molecular weight excluding hydrogens is 456 g/mol. The van der Waals surface area contributed by atoms with Crippen molar-refractivity contribution in [3.63, 3.8) is 0 Å². The second-order valence-corrected chi connectivity index (χ2v) is 7.86.